The van der Waals surface area contributed by atoms with E-state index >= 15 is 0 Å². The van der Waals surface area contributed by atoms with E-state index in [-0.39, 0.29) is 5.56 Å². The molecule has 0 spiro atoms. The Hall–Kier alpha value is -2.01. The highest BCUT2D eigenvalue weighted by Gasteiger charge is 2.13. The van der Waals surface area contributed by atoms with Crippen LogP contribution in [0.2, 0.25) is 0 Å². The Kier molecular flexibility index (Phi) is 4.53. The lowest BCUT2D eigenvalue weighted by Crippen LogP contribution is -2.13. The highest BCUT2D eigenvalue weighted by molar-refractivity contribution is 9.10. The molecule has 21 heavy (non-hydrogen) atoms. The monoisotopic (exact) mass is 348 g/mol. The quantitative estimate of drug-likeness (QED) is 0.866. The number of carboxylic acids is 1. The van der Waals surface area contributed by atoms with Crippen LogP contribution in [0.15, 0.2) is 40.9 Å². The van der Waals surface area contributed by atoms with Crippen molar-refractivity contribution < 1.29 is 9.90 Å². The van der Waals surface area contributed by atoms with Crippen LogP contribution in [0.5, 0.6) is 0 Å². The third kappa shape index (κ3) is 3.36. The van der Waals surface area contributed by atoms with Crippen molar-refractivity contribution in [2.45, 2.75) is 6.92 Å². The number of nitrogens with one attached hydrogen (secondary N) is 1. The molecule has 0 amide bonds. The van der Waals surface area contributed by atoms with E-state index in [1.54, 1.807) is 18.2 Å². The fraction of sp³-hybridized carbons (Fsp3) is 0.188. The predicted molar refractivity (Wildman–Crippen MR) is 89.9 cm³/mol. The molecule has 2 aromatic rings. The normalized spacial score (nSPS) is 10.3. The first-order valence-corrected chi connectivity index (χ1v) is 7.26. The molecule has 0 heterocycles. The van der Waals surface area contributed by atoms with Gasteiger partial charge < -0.3 is 15.3 Å². The van der Waals surface area contributed by atoms with Crippen molar-refractivity contribution in [3.8, 4) is 0 Å². The second-order valence-electron chi connectivity index (χ2n) is 4.99. The summed E-state index contributed by atoms with van der Waals surface area (Å²) < 4.78 is 0.828. The SMILES string of the molecule is Cc1cccc(Nc2cc(Br)ccc2C(=O)O)c1N(C)C. The maximum absolute atomic E-state index is 11.3. The number of para-hydroxylation sites is 1. The number of halogens is 1. The van der Waals surface area contributed by atoms with Crippen molar-refractivity contribution in [2.75, 3.05) is 24.3 Å². The number of carboxylic acid groups (broad SMARTS) is 1. The van der Waals surface area contributed by atoms with Gasteiger partial charge >= 0.3 is 5.97 Å². The molecule has 0 saturated heterocycles. The number of aromatic carboxylic acids is 1. The molecule has 0 aliphatic heterocycles. The summed E-state index contributed by atoms with van der Waals surface area (Å²) in [6.45, 7) is 2.03. The van der Waals surface area contributed by atoms with Gasteiger partial charge in [-0.25, -0.2) is 4.79 Å². The molecular weight excluding hydrogens is 332 g/mol. The molecule has 2 aromatic carbocycles. The number of benzene rings is 2. The number of hydrogen-bond donors (Lipinski definition) is 2. The second kappa shape index (κ2) is 6.18. The Balaban J connectivity index is 2.50. The zero-order valence-electron chi connectivity index (χ0n) is 12.1. The largest absolute Gasteiger partial charge is 0.478 e. The van der Waals surface area contributed by atoms with Gasteiger partial charge in [0.05, 0.1) is 22.6 Å². The summed E-state index contributed by atoms with van der Waals surface area (Å²) in [7, 11) is 3.93. The standard InChI is InChI=1S/C16H17BrN2O2/c1-10-5-4-6-13(15(10)19(2)3)18-14-9-11(17)7-8-12(14)16(20)21/h4-9,18H,1-3H3,(H,20,21). The summed E-state index contributed by atoms with van der Waals surface area (Å²) >= 11 is 3.38. The summed E-state index contributed by atoms with van der Waals surface area (Å²) in [4.78, 5) is 13.4. The average Bonchev–Trinajstić information content (AvgIpc) is 2.37. The van der Waals surface area contributed by atoms with Crippen LogP contribution in [0.4, 0.5) is 17.1 Å². The highest BCUT2D eigenvalue weighted by Crippen LogP contribution is 2.33. The molecule has 2 N–H and O–H groups in total. The fourth-order valence-corrected chi connectivity index (χ4v) is 2.67. The Morgan fingerprint density at radius 2 is 1.90 bits per heavy atom. The molecule has 0 fully saturated rings. The van der Waals surface area contributed by atoms with Gasteiger partial charge in [-0.2, -0.15) is 0 Å². The van der Waals surface area contributed by atoms with Crippen molar-refractivity contribution in [1.29, 1.82) is 0 Å². The number of nitrogens with zero attached hydrogens (tertiary/aromatic N) is 1. The van der Waals surface area contributed by atoms with E-state index in [1.807, 2.05) is 44.1 Å². The lowest BCUT2D eigenvalue weighted by Gasteiger charge is -2.21. The van der Waals surface area contributed by atoms with Gasteiger partial charge in [0.2, 0.25) is 0 Å². The number of anilines is 3. The molecule has 110 valence electrons. The average molecular weight is 349 g/mol. The van der Waals surface area contributed by atoms with Gasteiger partial charge in [0.1, 0.15) is 0 Å². The first kappa shape index (κ1) is 15.4. The lowest BCUT2D eigenvalue weighted by molar-refractivity contribution is 0.0698. The fourth-order valence-electron chi connectivity index (χ4n) is 2.30. The zero-order valence-corrected chi connectivity index (χ0v) is 13.7. The van der Waals surface area contributed by atoms with Gasteiger partial charge in [0, 0.05) is 18.6 Å². The van der Waals surface area contributed by atoms with Gasteiger partial charge in [0.25, 0.3) is 0 Å². The molecule has 0 atom stereocenters. The minimum Gasteiger partial charge on any atom is -0.478 e. The number of hydrogen-bond acceptors (Lipinski definition) is 3. The topological polar surface area (TPSA) is 52.6 Å². The van der Waals surface area contributed by atoms with Crippen LogP contribution in [-0.4, -0.2) is 25.2 Å². The van der Waals surface area contributed by atoms with Crippen molar-refractivity contribution in [3.63, 3.8) is 0 Å². The molecule has 4 nitrogen and oxygen atoms in total. The van der Waals surface area contributed by atoms with E-state index in [0.717, 1.165) is 21.4 Å². The van der Waals surface area contributed by atoms with E-state index in [0.29, 0.717) is 5.69 Å². The highest BCUT2D eigenvalue weighted by atomic mass is 79.9. The first-order chi connectivity index (χ1) is 9.90. The van der Waals surface area contributed by atoms with Crippen LogP contribution in [0.3, 0.4) is 0 Å². The number of aryl methyl sites for hydroxylation is 1. The minimum atomic E-state index is -0.955. The van der Waals surface area contributed by atoms with Gasteiger partial charge in [-0.3, -0.25) is 0 Å². The first-order valence-electron chi connectivity index (χ1n) is 6.47. The summed E-state index contributed by atoms with van der Waals surface area (Å²) in [5, 5.41) is 12.5. The molecule has 0 aromatic heterocycles. The Morgan fingerprint density at radius 3 is 2.52 bits per heavy atom. The molecule has 0 saturated carbocycles. The van der Waals surface area contributed by atoms with Crippen LogP contribution in [-0.2, 0) is 0 Å². The molecule has 2 rings (SSSR count). The van der Waals surface area contributed by atoms with Crippen LogP contribution < -0.4 is 10.2 Å². The van der Waals surface area contributed by atoms with E-state index in [9.17, 15) is 9.90 Å². The molecule has 5 heteroatoms. The Bertz CT molecular complexity index is 684. The predicted octanol–water partition coefficient (Wildman–Crippen LogP) is 4.27. The molecule has 0 radical (unpaired) electrons. The van der Waals surface area contributed by atoms with E-state index in [4.69, 9.17) is 0 Å². The van der Waals surface area contributed by atoms with E-state index in [1.165, 1.54) is 0 Å². The van der Waals surface area contributed by atoms with Crippen molar-refractivity contribution in [2.24, 2.45) is 0 Å². The lowest BCUT2D eigenvalue weighted by atomic mass is 10.1. The molecule has 0 bridgehead atoms. The van der Waals surface area contributed by atoms with E-state index in [2.05, 4.69) is 21.2 Å². The van der Waals surface area contributed by atoms with Crippen molar-refractivity contribution in [3.05, 3.63) is 52.0 Å². The van der Waals surface area contributed by atoms with Crippen LogP contribution in [0, 0.1) is 6.92 Å². The maximum Gasteiger partial charge on any atom is 0.337 e. The molecular formula is C16H17BrN2O2. The Morgan fingerprint density at radius 1 is 1.19 bits per heavy atom. The maximum atomic E-state index is 11.3. The number of rotatable bonds is 4. The van der Waals surface area contributed by atoms with Crippen molar-refractivity contribution >= 4 is 39.0 Å². The van der Waals surface area contributed by atoms with Crippen LogP contribution in [0.1, 0.15) is 15.9 Å². The molecule has 0 unspecified atom stereocenters. The smallest absolute Gasteiger partial charge is 0.337 e. The van der Waals surface area contributed by atoms with E-state index < -0.39 is 5.97 Å². The van der Waals surface area contributed by atoms with Gasteiger partial charge in [-0.1, -0.05) is 28.1 Å². The van der Waals surface area contributed by atoms with Crippen LogP contribution in [0.25, 0.3) is 0 Å². The second-order valence-corrected chi connectivity index (χ2v) is 5.90. The number of carbonyl (C=O) groups is 1. The van der Waals surface area contributed by atoms with Gasteiger partial charge in [-0.15, -0.1) is 0 Å². The Labute approximate surface area is 132 Å². The summed E-state index contributed by atoms with van der Waals surface area (Å²) in [5.74, 6) is -0.955. The molecule has 0 aliphatic rings. The minimum absolute atomic E-state index is 0.240. The van der Waals surface area contributed by atoms with Crippen molar-refractivity contribution in [1.82, 2.24) is 0 Å². The third-order valence-electron chi connectivity index (χ3n) is 3.17. The summed E-state index contributed by atoms with van der Waals surface area (Å²) in [6.07, 6.45) is 0. The zero-order chi connectivity index (χ0) is 15.6. The third-order valence-corrected chi connectivity index (χ3v) is 3.66. The molecule has 0 aliphatic carbocycles. The summed E-state index contributed by atoms with van der Waals surface area (Å²) in [5.41, 5.74) is 3.83. The van der Waals surface area contributed by atoms with Crippen LogP contribution >= 0.6 is 15.9 Å². The van der Waals surface area contributed by atoms with Gasteiger partial charge in [-0.05, 0) is 36.8 Å². The summed E-state index contributed by atoms with van der Waals surface area (Å²) in [6, 6.07) is 11.0. The van der Waals surface area contributed by atoms with Gasteiger partial charge in [0.15, 0.2) is 0 Å².